The average molecular weight is 720 g/mol. The van der Waals surface area contributed by atoms with Crippen LogP contribution >= 0.6 is 0 Å². The molecule has 0 aliphatic carbocycles. The minimum absolute atomic E-state index is 0.0100. The van der Waals surface area contributed by atoms with E-state index in [2.05, 4.69) is 0 Å². The standard InChI is InChI=1S/C51H34N4/c1-5-16-35(17-6-1)39-24-15-25-42(32-39)50-52-49(38-22-11-4-12-23-38)53-51(54-50)45-33-40(36-18-7-2-8-19-36)29-31-47(45)55-46-27-14-13-26-43(46)44-30-28-41(34-48(44)55)37-20-9-3-10-21-37/h1-34H/i2D,3D,7D,8D,9D,10D,13D,14D,18D,19D,20D,21D,26D,27D,28D,30D,34D. The molecule has 0 amide bonds. The maximum Gasteiger partial charge on any atom is 0.166 e. The third kappa shape index (κ3) is 6.06. The normalized spacial score (nSPS) is 15.6. The molecule has 2 heterocycles. The summed E-state index contributed by atoms with van der Waals surface area (Å²) in [5.41, 5.74) is 0.979. The van der Waals surface area contributed by atoms with E-state index in [9.17, 15) is 6.85 Å². The van der Waals surface area contributed by atoms with Gasteiger partial charge in [-0.15, -0.1) is 0 Å². The van der Waals surface area contributed by atoms with Crippen molar-refractivity contribution in [3.05, 3.63) is 206 Å². The molecule has 0 radical (unpaired) electrons. The van der Waals surface area contributed by atoms with Gasteiger partial charge in [0, 0.05) is 27.5 Å². The Balaban J connectivity index is 1.40. The van der Waals surface area contributed by atoms with Gasteiger partial charge in [-0.3, -0.25) is 0 Å². The lowest BCUT2D eigenvalue weighted by molar-refractivity contribution is 1.06. The average Bonchev–Trinajstić information content (AvgIpc) is 3.77. The molecule has 0 aliphatic rings. The summed E-state index contributed by atoms with van der Waals surface area (Å²) in [6.45, 7) is 0. The molecular weight excluding hydrogens is 669 g/mol. The lowest BCUT2D eigenvalue weighted by Crippen LogP contribution is -2.04. The van der Waals surface area contributed by atoms with Crippen molar-refractivity contribution in [3.8, 4) is 73.2 Å². The van der Waals surface area contributed by atoms with E-state index >= 15 is 0 Å². The van der Waals surface area contributed by atoms with Gasteiger partial charge in [0.05, 0.1) is 40.0 Å². The molecule has 55 heavy (non-hydrogen) atoms. The summed E-state index contributed by atoms with van der Waals surface area (Å²) in [5.74, 6) is 0.238. The molecule has 0 N–H and O–H groups in total. The summed E-state index contributed by atoms with van der Waals surface area (Å²) in [7, 11) is 0. The topological polar surface area (TPSA) is 43.6 Å². The smallest absolute Gasteiger partial charge is 0.166 e. The van der Waals surface area contributed by atoms with Crippen LogP contribution in [-0.4, -0.2) is 19.5 Å². The summed E-state index contributed by atoms with van der Waals surface area (Å²) in [4.78, 5) is 14.9. The maximum absolute atomic E-state index is 9.91. The first-order valence-electron chi connectivity index (χ1n) is 25.6. The lowest BCUT2D eigenvalue weighted by atomic mass is 10.0. The van der Waals surface area contributed by atoms with Crippen molar-refractivity contribution in [2.75, 3.05) is 0 Å². The summed E-state index contributed by atoms with van der Waals surface area (Å²) >= 11 is 0. The highest BCUT2D eigenvalue weighted by Crippen LogP contribution is 2.39. The summed E-state index contributed by atoms with van der Waals surface area (Å²) in [6.07, 6.45) is 0. The van der Waals surface area contributed by atoms with Gasteiger partial charge in [-0.05, 0) is 63.7 Å². The molecule has 258 valence electrons. The predicted octanol–water partition coefficient (Wildman–Crippen LogP) is 13.0. The number of para-hydroxylation sites is 1. The van der Waals surface area contributed by atoms with Gasteiger partial charge in [-0.25, -0.2) is 15.0 Å². The Morgan fingerprint density at radius 3 is 1.67 bits per heavy atom. The van der Waals surface area contributed by atoms with Crippen LogP contribution in [0.1, 0.15) is 23.3 Å². The molecule has 0 atom stereocenters. The second-order valence-electron chi connectivity index (χ2n) is 12.4. The SMILES string of the molecule is [2H]c1c([2H])c([2H])c(-c2ccc(-n3c4c([2H])c([2H])c([2H])c([2H])c4c4c([2H])c([2H])c(-c5c([2H])c([2H])c([2H])c([2H])c5[2H])c([2H])c43)c(-c3nc(-c4ccccc4)nc(-c4cccc(-c5ccccc5)c4)n3)c2)c([2H])c1[2H]. The van der Waals surface area contributed by atoms with Gasteiger partial charge in [-0.2, -0.15) is 0 Å². The Morgan fingerprint density at radius 2 is 0.927 bits per heavy atom. The molecule has 2 aromatic heterocycles. The van der Waals surface area contributed by atoms with Crippen LogP contribution in [0.3, 0.4) is 0 Å². The van der Waals surface area contributed by atoms with E-state index in [-0.39, 0.29) is 61.7 Å². The second kappa shape index (κ2) is 13.8. The van der Waals surface area contributed by atoms with Gasteiger partial charge in [0.15, 0.2) is 17.5 Å². The Labute approximate surface area is 343 Å². The lowest BCUT2D eigenvalue weighted by Gasteiger charge is -2.17. The number of fused-ring (bicyclic) bond motifs is 3. The highest BCUT2D eigenvalue weighted by Gasteiger charge is 2.21. The van der Waals surface area contributed by atoms with Crippen LogP contribution in [-0.2, 0) is 0 Å². The van der Waals surface area contributed by atoms with Gasteiger partial charge in [0.2, 0.25) is 0 Å². The quantitative estimate of drug-likeness (QED) is 0.165. The Hall–Kier alpha value is -7.43. The van der Waals surface area contributed by atoms with E-state index in [4.69, 9.17) is 31.4 Å². The van der Waals surface area contributed by atoms with Gasteiger partial charge in [-0.1, -0.05) is 176 Å². The molecule has 4 heteroatoms. The number of nitrogens with zero attached hydrogens (tertiary/aromatic N) is 4. The van der Waals surface area contributed by atoms with Crippen molar-refractivity contribution >= 4 is 21.8 Å². The van der Waals surface area contributed by atoms with Crippen LogP contribution in [0.5, 0.6) is 0 Å². The molecule has 0 aliphatic heterocycles. The van der Waals surface area contributed by atoms with Crippen LogP contribution in [0.25, 0.3) is 95.0 Å². The Kier molecular flexibility index (Phi) is 4.80. The molecule has 10 rings (SSSR count). The molecule has 10 aromatic rings. The fourth-order valence-electron chi connectivity index (χ4n) is 6.52. The monoisotopic (exact) mass is 719 g/mol. The zero-order chi connectivity index (χ0) is 51.3. The van der Waals surface area contributed by atoms with E-state index in [1.165, 1.54) is 22.8 Å². The van der Waals surface area contributed by atoms with Crippen LogP contribution in [0, 0.1) is 0 Å². The zero-order valence-corrected chi connectivity index (χ0v) is 28.6. The van der Waals surface area contributed by atoms with Crippen molar-refractivity contribution in [1.82, 2.24) is 19.5 Å². The van der Waals surface area contributed by atoms with Crippen LogP contribution < -0.4 is 0 Å². The number of hydrogen-bond donors (Lipinski definition) is 0. The van der Waals surface area contributed by atoms with Gasteiger partial charge < -0.3 is 4.57 Å². The van der Waals surface area contributed by atoms with E-state index in [1.54, 1.807) is 30.3 Å². The molecule has 8 aromatic carbocycles. The minimum atomic E-state index is -0.767. The Bertz CT molecular complexity index is 3900. The highest BCUT2D eigenvalue weighted by atomic mass is 15.1. The van der Waals surface area contributed by atoms with Crippen LogP contribution in [0.2, 0.25) is 0 Å². The second-order valence-corrected chi connectivity index (χ2v) is 12.4. The molecule has 0 fully saturated rings. The van der Waals surface area contributed by atoms with Crippen molar-refractivity contribution in [3.63, 3.8) is 0 Å². The van der Waals surface area contributed by atoms with E-state index in [0.717, 1.165) is 11.1 Å². The number of benzene rings is 8. The molecule has 0 bridgehead atoms. The molecule has 0 saturated heterocycles. The largest absolute Gasteiger partial charge is 0.308 e. The summed E-state index contributed by atoms with van der Waals surface area (Å²) in [6, 6.07) is 18.8. The van der Waals surface area contributed by atoms with E-state index < -0.39 is 114 Å². The fourth-order valence-corrected chi connectivity index (χ4v) is 6.52. The highest BCUT2D eigenvalue weighted by molar-refractivity contribution is 6.10. The molecule has 4 nitrogen and oxygen atoms in total. The Morgan fingerprint density at radius 1 is 0.364 bits per heavy atom. The summed E-state index contributed by atoms with van der Waals surface area (Å²) < 4.78 is 152. The molecule has 0 unspecified atom stereocenters. The number of hydrogen-bond acceptors (Lipinski definition) is 3. The fraction of sp³-hybridized carbons (Fsp3) is 0. The number of rotatable bonds is 7. The van der Waals surface area contributed by atoms with Crippen molar-refractivity contribution in [2.24, 2.45) is 0 Å². The van der Waals surface area contributed by atoms with Gasteiger partial charge in [0.25, 0.3) is 0 Å². The first-order chi connectivity index (χ1) is 34.3. The maximum atomic E-state index is 9.91. The first-order valence-corrected chi connectivity index (χ1v) is 17.1. The third-order valence-corrected chi connectivity index (χ3v) is 9.07. The molecule has 0 spiro atoms. The van der Waals surface area contributed by atoms with E-state index in [0.29, 0.717) is 11.1 Å². The molecule has 0 saturated carbocycles. The van der Waals surface area contributed by atoms with Crippen molar-refractivity contribution in [2.45, 2.75) is 0 Å². The van der Waals surface area contributed by atoms with Crippen LogP contribution in [0.15, 0.2) is 206 Å². The van der Waals surface area contributed by atoms with E-state index in [1.807, 2.05) is 54.6 Å². The third-order valence-electron chi connectivity index (χ3n) is 9.07. The first kappa shape index (κ1) is 19.1. The van der Waals surface area contributed by atoms with Crippen molar-refractivity contribution < 1.29 is 23.3 Å². The predicted molar refractivity (Wildman–Crippen MR) is 227 cm³/mol. The van der Waals surface area contributed by atoms with Crippen molar-refractivity contribution in [1.29, 1.82) is 0 Å². The van der Waals surface area contributed by atoms with Crippen LogP contribution in [0.4, 0.5) is 0 Å². The molecular formula is C51H34N4. The zero-order valence-electron chi connectivity index (χ0n) is 45.6. The minimum Gasteiger partial charge on any atom is -0.308 e. The van der Waals surface area contributed by atoms with Gasteiger partial charge >= 0.3 is 0 Å². The van der Waals surface area contributed by atoms with Gasteiger partial charge in [0.1, 0.15) is 0 Å². The summed E-state index contributed by atoms with van der Waals surface area (Å²) in [5, 5.41) is -0.557. The number of aromatic nitrogens is 4.